The zero-order valence-electron chi connectivity index (χ0n) is 14.1. The van der Waals surface area contributed by atoms with Gasteiger partial charge in [0.2, 0.25) is 0 Å². The number of likely N-dealkylation sites (N-methyl/N-ethyl adjacent to an activating group) is 1. The first-order valence-electron chi connectivity index (χ1n) is 8.30. The van der Waals surface area contributed by atoms with Crippen molar-refractivity contribution in [2.45, 2.75) is 18.5 Å². The third kappa shape index (κ3) is 4.35. The Kier molecular flexibility index (Phi) is 5.31. The smallest absolute Gasteiger partial charge is 0.319 e. The lowest BCUT2D eigenvalue weighted by atomic mass is 10.1. The first kappa shape index (κ1) is 17.4. The Bertz CT molecular complexity index is 736. The molecule has 1 aliphatic rings. The van der Waals surface area contributed by atoms with Crippen molar-refractivity contribution in [2.75, 3.05) is 25.5 Å². The van der Waals surface area contributed by atoms with E-state index in [0.29, 0.717) is 5.69 Å². The summed E-state index contributed by atoms with van der Waals surface area (Å²) >= 11 is 0. The number of likely N-dealkylation sites (tertiary alicyclic amines) is 1. The fourth-order valence-corrected chi connectivity index (χ4v) is 3.16. The van der Waals surface area contributed by atoms with Crippen molar-refractivity contribution < 1.29 is 14.3 Å². The monoisotopic (exact) mass is 343 g/mol. The zero-order valence-corrected chi connectivity index (χ0v) is 14.1. The third-order valence-electron chi connectivity index (χ3n) is 4.53. The van der Waals surface area contributed by atoms with Gasteiger partial charge < -0.3 is 15.7 Å². The molecule has 6 heteroatoms. The number of carbonyl (C=O) groups excluding carboxylic acids is 1. The number of carbonyl (C=O) groups is 1. The maximum Gasteiger partial charge on any atom is 0.319 e. The second kappa shape index (κ2) is 7.63. The van der Waals surface area contributed by atoms with Crippen molar-refractivity contribution in [2.24, 2.45) is 0 Å². The number of urea groups is 1. The van der Waals surface area contributed by atoms with E-state index in [1.165, 1.54) is 12.1 Å². The maximum atomic E-state index is 13.3. The summed E-state index contributed by atoms with van der Waals surface area (Å²) in [7, 11) is 1.94. The van der Waals surface area contributed by atoms with Gasteiger partial charge in [0.25, 0.3) is 0 Å². The molecule has 0 aliphatic carbocycles. The third-order valence-corrected chi connectivity index (χ3v) is 4.53. The maximum absolute atomic E-state index is 13.3. The number of aliphatic hydroxyl groups is 1. The molecule has 2 amide bonds. The lowest BCUT2D eigenvalue weighted by Crippen LogP contribution is -2.39. The lowest BCUT2D eigenvalue weighted by Gasteiger charge is -2.15. The molecule has 0 spiro atoms. The highest BCUT2D eigenvalue weighted by molar-refractivity contribution is 5.89. The van der Waals surface area contributed by atoms with Gasteiger partial charge in [0.1, 0.15) is 5.82 Å². The Balaban J connectivity index is 1.57. The van der Waals surface area contributed by atoms with Crippen LogP contribution in [0.3, 0.4) is 0 Å². The van der Waals surface area contributed by atoms with Crippen molar-refractivity contribution in [3.8, 4) is 11.1 Å². The van der Waals surface area contributed by atoms with Crippen molar-refractivity contribution in [1.29, 1.82) is 0 Å². The summed E-state index contributed by atoms with van der Waals surface area (Å²) in [6.45, 7) is 0.814. The Hall–Kier alpha value is -2.44. The fraction of sp³-hybridized carbons (Fsp3) is 0.316. The van der Waals surface area contributed by atoms with Crippen molar-refractivity contribution in [1.82, 2.24) is 10.2 Å². The van der Waals surface area contributed by atoms with Crippen LogP contribution in [0.15, 0.2) is 48.5 Å². The average molecular weight is 343 g/mol. The molecule has 3 N–H and O–H groups in total. The topological polar surface area (TPSA) is 64.6 Å². The molecule has 25 heavy (non-hydrogen) atoms. The summed E-state index contributed by atoms with van der Waals surface area (Å²) in [5.41, 5.74) is 2.34. The van der Waals surface area contributed by atoms with Crippen LogP contribution in [0.2, 0.25) is 0 Å². The van der Waals surface area contributed by atoms with Gasteiger partial charge in [-0.05, 0) is 48.9 Å². The number of hydrogen-bond acceptors (Lipinski definition) is 3. The van der Waals surface area contributed by atoms with Crippen LogP contribution in [0.5, 0.6) is 0 Å². The van der Waals surface area contributed by atoms with Gasteiger partial charge in [0.05, 0.1) is 6.61 Å². The minimum Gasteiger partial charge on any atom is -0.395 e. The second-order valence-corrected chi connectivity index (χ2v) is 6.39. The SMILES string of the molecule is CN1C[C@H](NC(=O)Nc2ccc(-c3cccc(F)c3)cc2)C[C@H]1CO. The van der Waals surface area contributed by atoms with E-state index in [0.717, 1.165) is 24.1 Å². The van der Waals surface area contributed by atoms with Gasteiger partial charge in [0.15, 0.2) is 0 Å². The standard InChI is InChI=1S/C19H22FN3O2/c1-23-11-17(10-18(23)12-24)22-19(25)21-16-7-5-13(6-8-16)14-3-2-4-15(20)9-14/h2-9,17-18,24H,10-12H2,1H3,(H2,21,22,25)/t17-,18+/m1/s1. The Morgan fingerprint density at radius 2 is 2.00 bits per heavy atom. The number of nitrogens with one attached hydrogen (secondary N) is 2. The molecule has 0 saturated carbocycles. The van der Waals surface area contributed by atoms with Crippen LogP contribution in [0.25, 0.3) is 11.1 Å². The summed E-state index contributed by atoms with van der Waals surface area (Å²) < 4.78 is 13.3. The molecule has 2 atom stereocenters. The molecule has 0 bridgehead atoms. The number of halogens is 1. The molecule has 2 aromatic rings. The van der Waals surface area contributed by atoms with Gasteiger partial charge >= 0.3 is 6.03 Å². The van der Waals surface area contributed by atoms with E-state index in [9.17, 15) is 14.3 Å². The molecule has 1 saturated heterocycles. The molecule has 0 unspecified atom stereocenters. The van der Waals surface area contributed by atoms with E-state index in [-0.39, 0.29) is 30.5 Å². The average Bonchev–Trinajstić information content (AvgIpc) is 2.94. The van der Waals surface area contributed by atoms with E-state index < -0.39 is 0 Å². The number of nitrogens with zero attached hydrogens (tertiary/aromatic N) is 1. The van der Waals surface area contributed by atoms with Gasteiger partial charge in [-0.3, -0.25) is 4.90 Å². The van der Waals surface area contributed by atoms with Gasteiger partial charge in [-0.15, -0.1) is 0 Å². The van der Waals surface area contributed by atoms with Crippen LogP contribution in [0.4, 0.5) is 14.9 Å². The Morgan fingerprint density at radius 3 is 2.64 bits per heavy atom. The lowest BCUT2D eigenvalue weighted by molar-refractivity contribution is 0.182. The number of benzene rings is 2. The minimum absolute atomic E-state index is 0.0220. The first-order valence-corrected chi connectivity index (χ1v) is 8.30. The second-order valence-electron chi connectivity index (χ2n) is 6.39. The fourth-order valence-electron chi connectivity index (χ4n) is 3.16. The van der Waals surface area contributed by atoms with Crippen LogP contribution in [-0.4, -0.2) is 48.3 Å². The van der Waals surface area contributed by atoms with Gasteiger partial charge in [-0.25, -0.2) is 9.18 Å². The normalized spacial score (nSPS) is 20.4. The van der Waals surface area contributed by atoms with Gasteiger partial charge in [-0.2, -0.15) is 0 Å². The van der Waals surface area contributed by atoms with E-state index in [4.69, 9.17) is 0 Å². The number of rotatable bonds is 4. The highest BCUT2D eigenvalue weighted by atomic mass is 19.1. The minimum atomic E-state index is -0.276. The molecule has 2 aromatic carbocycles. The largest absolute Gasteiger partial charge is 0.395 e. The first-order chi connectivity index (χ1) is 12.0. The molecule has 3 rings (SSSR count). The summed E-state index contributed by atoms with van der Waals surface area (Å²) in [5, 5.41) is 15.0. The zero-order chi connectivity index (χ0) is 17.8. The molecule has 0 radical (unpaired) electrons. The molecule has 0 aromatic heterocycles. The summed E-state index contributed by atoms with van der Waals surface area (Å²) in [6, 6.07) is 13.5. The summed E-state index contributed by atoms with van der Waals surface area (Å²) in [6.07, 6.45) is 0.735. The molecule has 5 nitrogen and oxygen atoms in total. The summed E-state index contributed by atoms with van der Waals surface area (Å²) in [4.78, 5) is 14.2. The van der Waals surface area contributed by atoms with Crippen LogP contribution in [-0.2, 0) is 0 Å². The number of hydrogen-bond donors (Lipinski definition) is 3. The molecular formula is C19H22FN3O2. The quantitative estimate of drug-likeness (QED) is 0.800. The van der Waals surface area contributed by atoms with E-state index in [1.54, 1.807) is 18.2 Å². The van der Waals surface area contributed by atoms with Crippen molar-refractivity contribution >= 4 is 11.7 Å². The van der Waals surface area contributed by atoms with E-state index in [2.05, 4.69) is 10.6 Å². The molecule has 1 aliphatic heterocycles. The molecule has 1 fully saturated rings. The summed E-state index contributed by atoms with van der Waals surface area (Å²) in [5.74, 6) is -0.276. The van der Waals surface area contributed by atoms with Crippen LogP contribution in [0.1, 0.15) is 6.42 Å². The van der Waals surface area contributed by atoms with Crippen LogP contribution >= 0.6 is 0 Å². The Labute approximate surface area is 146 Å². The predicted molar refractivity (Wildman–Crippen MR) is 95.9 cm³/mol. The van der Waals surface area contributed by atoms with Gasteiger partial charge in [-0.1, -0.05) is 24.3 Å². The molecular weight excluding hydrogens is 321 g/mol. The van der Waals surface area contributed by atoms with Gasteiger partial charge in [0, 0.05) is 24.3 Å². The number of amides is 2. The highest BCUT2D eigenvalue weighted by Crippen LogP contribution is 2.22. The molecule has 1 heterocycles. The van der Waals surface area contributed by atoms with E-state index in [1.807, 2.05) is 30.1 Å². The molecule has 132 valence electrons. The Morgan fingerprint density at radius 1 is 1.24 bits per heavy atom. The van der Waals surface area contributed by atoms with E-state index >= 15 is 0 Å². The van der Waals surface area contributed by atoms with Crippen molar-refractivity contribution in [3.63, 3.8) is 0 Å². The number of aliphatic hydroxyl groups excluding tert-OH is 1. The van der Waals surface area contributed by atoms with Crippen molar-refractivity contribution in [3.05, 3.63) is 54.3 Å². The van der Waals surface area contributed by atoms with Crippen LogP contribution in [0, 0.1) is 5.82 Å². The highest BCUT2D eigenvalue weighted by Gasteiger charge is 2.29. The number of anilines is 1. The predicted octanol–water partition coefficient (Wildman–Crippen LogP) is 2.68. The van der Waals surface area contributed by atoms with Crippen LogP contribution < -0.4 is 10.6 Å².